The average molecular weight is 538 g/mol. The smallest absolute Gasteiger partial charge is 0.243 e. The number of sulfonamides is 1. The summed E-state index contributed by atoms with van der Waals surface area (Å²) in [6, 6.07) is 13.3. The number of benzene rings is 2. The number of hydrogen-bond acceptors (Lipinski definition) is 4. The SMILES string of the molecule is CCN1CCCc2cc(CN(C3CCCC3)S(=O)(=O)c3ccc(NC(=O)CCC4CCCC4)cc3)ccc21. The van der Waals surface area contributed by atoms with E-state index < -0.39 is 10.0 Å². The van der Waals surface area contributed by atoms with Crippen LogP contribution in [0, 0.1) is 5.92 Å². The van der Waals surface area contributed by atoms with E-state index in [1.807, 2.05) is 0 Å². The lowest BCUT2D eigenvalue weighted by molar-refractivity contribution is -0.116. The summed E-state index contributed by atoms with van der Waals surface area (Å²) in [6.07, 6.45) is 12.6. The topological polar surface area (TPSA) is 69.7 Å². The Morgan fingerprint density at radius 3 is 2.39 bits per heavy atom. The minimum atomic E-state index is -3.68. The normalized spacial score (nSPS) is 18.7. The van der Waals surface area contributed by atoms with Gasteiger partial charge < -0.3 is 10.2 Å². The first kappa shape index (κ1) is 27.2. The summed E-state index contributed by atoms with van der Waals surface area (Å²) >= 11 is 0. The molecule has 2 saturated carbocycles. The van der Waals surface area contributed by atoms with E-state index in [0.29, 0.717) is 29.5 Å². The predicted octanol–water partition coefficient (Wildman–Crippen LogP) is 6.50. The fraction of sp³-hybridized carbons (Fsp3) is 0.581. The zero-order valence-electron chi connectivity index (χ0n) is 22.8. The van der Waals surface area contributed by atoms with Crippen molar-refractivity contribution in [3.63, 3.8) is 0 Å². The van der Waals surface area contributed by atoms with E-state index >= 15 is 0 Å². The summed E-state index contributed by atoms with van der Waals surface area (Å²) in [5.41, 5.74) is 4.33. The minimum Gasteiger partial charge on any atom is -0.372 e. The molecule has 2 aromatic carbocycles. The van der Waals surface area contributed by atoms with Gasteiger partial charge in [-0.2, -0.15) is 4.31 Å². The molecule has 0 saturated heterocycles. The van der Waals surface area contributed by atoms with Crippen molar-refractivity contribution in [3.8, 4) is 0 Å². The zero-order chi connectivity index (χ0) is 26.5. The molecule has 1 N–H and O–H groups in total. The lowest BCUT2D eigenvalue weighted by atomic mass is 9.99. The molecule has 7 heteroatoms. The van der Waals surface area contributed by atoms with E-state index in [4.69, 9.17) is 0 Å². The van der Waals surface area contributed by atoms with Crippen molar-refractivity contribution in [2.24, 2.45) is 5.92 Å². The number of aryl methyl sites for hydroxylation is 1. The van der Waals surface area contributed by atoms with Crippen LogP contribution in [0.2, 0.25) is 0 Å². The molecule has 206 valence electrons. The molecule has 6 nitrogen and oxygen atoms in total. The highest BCUT2D eigenvalue weighted by Gasteiger charge is 2.33. The Kier molecular flexibility index (Phi) is 8.74. The molecule has 2 aliphatic carbocycles. The molecule has 0 radical (unpaired) electrons. The van der Waals surface area contributed by atoms with Gasteiger partial charge >= 0.3 is 0 Å². The number of carbonyl (C=O) groups excluding carboxylic acids is 1. The van der Waals surface area contributed by atoms with E-state index in [-0.39, 0.29) is 11.9 Å². The highest BCUT2D eigenvalue weighted by molar-refractivity contribution is 7.89. The van der Waals surface area contributed by atoms with Crippen LogP contribution < -0.4 is 10.2 Å². The van der Waals surface area contributed by atoms with Gasteiger partial charge in [-0.1, -0.05) is 50.7 Å². The maximum atomic E-state index is 13.9. The van der Waals surface area contributed by atoms with Crippen LogP contribution in [0.4, 0.5) is 11.4 Å². The van der Waals surface area contributed by atoms with Crippen LogP contribution in [0.3, 0.4) is 0 Å². The fourth-order valence-electron chi connectivity index (χ4n) is 6.64. The number of nitrogens with one attached hydrogen (secondary N) is 1. The molecule has 0 bridgehead atoms. The summed E-state index contributed by atoms with van der Waals surface area (Å²) in [7, 11) is -3.68. The number of fused-ring (bicyclic) bond motifs is 1. The van der Waals surface area contributed by atoms with Crippen LogP contribution in [-0.4, -0.2) is 37.8 Å². The zero-order valence-corrected chi connectivity index (χ0v) is 23.6. The number of nitrogens with zero attached hydrogens (tertiary/aromatic N) is 2. The van der Waals surface area contributed by atoms with Crippen LogP contribution in [-0.2, 0) is 27.8 Å². The van der Waals surface area contributed by atoms with Crippen molar-refractivity contribution in [1.82, 2.24) is 4.31 Å². The molecule has 0 atom stereocenters. The number of amides is 1. The van der Waals surface area contributed by atoms with Gasteiger partial charge in [0.05, 0.1) is 4.90 Å². The molecule has 0 unspecified atom stereocenters. The number of carbonyl (C=O) groups is 1. The molecule has 2 aromatic rings. The minimum absolute atomic E-state index is 0.00846. The van der Waals surface area contributed by atoms with Crippen LogP contribution in [0.5, 0.6) is 0 Å². The van der Waals surface area contributed by atoms with Crippen LogP contribution in [0.1, 0.15) is 88.7 Å². The molecule has 1 heterocycles. The van der Waals surface area contributed by atoms with Crippen molar-refractivity contribution >= 4 is 27.3 Å². The molecule has 38 heavy (non-hydrogen) atoms. The van der Waals surface area contributed by atoms with Gasteiger partial charge in [-0.15, -0.1) is 0 Å². The van der Waals surface area contributed by atoms with Gasteiger partial charge in [-0.05, 0) is 86.4 Å². The van der Waals surface area contributed by atoms with Crippen molar-refractivity contribution in [2.75, 3.05) is 23.3 Å². The van der Waals surface area contributed by atoms with Crippen molar-refractivity contribution in [2.45, 2.75) is 101 Å². The van der Waals surface area contributed by atoms with E-state index in [1.165, 1.54) is 36.9 Å². The third-order valence-corrected chi connectivity index (χ3v) is 10.7. The maximum Gasteiger partial charge on any atom is 0.243 e. The summed E-state index contributed by atoms with van der Waals surface area (Å²) in [5.74, 6) is 0.685. The van der Waals surface area contributed by atoms with Gasteiger partial charge in [0.2, 0.25) is 15.9 Å². The first-order valence-electron chi connectivity index (χ1n) is 14.7. The molecule has 1 amide bonds. The number of rotatable bonds is 10. The summed E-state index contributed by atoms with van der Waals surface area (Å²) < 4.78 is 29.6. The van der Waals surface area contributed by atoms with Crippen LogP contribution in [0.25, 0.3) is 0 Å². The molecular weight excluding hydrogens is 494 g/mol. The lowest BCUT2D eigenvalue weighted by Crippen LogP contribution is -2.38. The van der Waals surface area contributed by atoms with Gasteiger partial charge in [0.15, 0.2) is 0 Å². The molecule has 0 spiro atoms. The summed E-state index contributed by atoms with van der Waals surface area (Å²) in [6.45, 7) is 4.66. The van der Waals surface area contributed by atoms with Gasteiger partial charge in [-0.25, -0.2) is 8.42 Å². The van der Waals surface area contributed by atoms with Crippen LogP contribution in [0.15, 0.2) is 47.4 Å². The van der Waals surface area contributed by atoms with E-state index in [9.17, 15) is 13.2 Å². The largest absolute Gasteiger partial charge is 0.372 e. The van der Waals surface area contributed by atoms with Gasteiger partial charge in [0.25, 0.3) is 0 Å². The Morgan fingerprint density at radius 1 is 0.974 bits per heavy atom. The first-order chi connectivity index (χ1) is 18.4. The Hall–Kier alpha value is -2.38. The van der Waals surface area contributed by atoms with Crippen molar-refractivity contribution in [1.29, 1.82) is 0 Å². The van der Waals surface area contributed by atoms with Crippen LogP contribution >= 0.6 is 0 Å². The lowest BCUT2D eigenvalue weighted by Gasteiger charge is -2.32. The number of hydrogen-bond donors (Lipinski definition) is 1. The highest BCUT2D eigenvalue weighted by atomic mass is 32.2. The van der Waals surface area contributed by atoms with Gasteiger partial charge in [0.1, 0.15) is 0 Å². The van der Waals surface area contributed by atoms with Crippen molar-refractivity contribution < 1.29 is 13.2 Å². The van der Waals surface area contributed by atoms with Gasteiger partial charge in [0, 0.05) is 43.5 Å². The highest BCUT2D eigenvalue weighted by Crippen LogP contribution is 2.33. The number of anilines is 2. The molecule has 0 aromatic heterocycles. The average Bonchev–Trinajstić information content (AvgIpc) is 3.65. The molecule has 2 fully saturated rings. The van der Waals surface area contributed by atoms with E-state index in [0.717, 1.165) is 63.6 Å². The molecule has 1 aliphatic heterocycles. The quantitative estimate of drug-likeness (QED) is 0.376. The van der Waals surface area contributed by atoms with E-state index in [2.05, 4.69) is 35.3 Å². The molecule has 5 rings (SSSR count). The Bertz CT molecular complexity index is 1200. The molecular formula is C31H43N3O3S. The Labute approximate surface area is 228 Å². The first-order valence-corrected chi connectivity index (χ1v) is 16.2. The summed E-state index contributed by atoms with van der Waals surface area (Å²) in [4.78, 5) is 15.1. The monoisotopic (exact) mass is 537 g/mol. The third-order valence-electron chi connectivity index (χ3n) is 8.81. The third kappa shape index (κ3) is 6.26. The maximum absolute atomic E-state index is 13.9. The molecule has 3 aliphatic rings. The summed E-state index contributed by atoms with van der Waals surface area (Å²) in [5, 5.41) is 2.95. The second-order valence-corrected chi connectivity index (χ2v) is 13.3. The Balaban J connectivity index is 1.29. The second kappa shape index (κ2) is 12.2. The second-order valence-electron chi connectivity index (χ2n) is 11.4. The fourth-order valence-corrected chi connectivity index (χ4v) is 8.31. The predicted molar refractivity (Wildman–Crippen MR) is 154 cm³/mol. The van der Waals surface area contributed by atoms with Gasteiger partial charge in [-0.3, -0.25) is 4.79 Å². The van der Waals surface area contributed by atoms with E-state index in [1.54, 1.807) is 28.6 Å². The van der Waals surface area contributed by atoms with Crippen molar-refractivity contribution in [3.05, 3.63) is 53.6 Å². The standard InChI is InChI=1S/C31H43N3O3S/c1-2-33-21-7-10-26-22-25(13-19-30(26)33)23-34(28-11-5-6-12-28)38(36,37)29-17-15-27(16-18-29)32-31(35)20-14-24-8-3-4-9-24/h13,15-19,22,24,28H,2-12,14,20-21,23H2,1H3,(H,32,35). The Morgan fingerprint density at radius 2 is 1.68 bits per heavy atom.